The molecular formula is C15H20ClLiNO-. The van der Waals surface area contributed by atoms with Crippen molar-refractivity contribution in [3.05, 3.63) is 48.2 Å². The van der Waals surface area contributed by atoms with E-state index < -0.39 is 0 Å². The van der Waals surface area contributed by atoms with E-state index in [1.165, 1.54) is 0 Å². The van der Waals surface area contributed by atoms with Crippen LogP contribution in [-0.2, 0) is 6.42 Å². The van der Waals surface area contributed by atoms with Crippen molar-refractivity contribution in [1.82, 2.24) is 5.32 Å². The molecule has 100 valence electrons. The van der Waals surface area contributed by atoms with E-state index in [4.69, 9.17) is 11.6 Å². The maximum absolute atomic E-state index is 12.0. The first-order chi connectivity index (χ1) is 8.60. The molecule has 2 nitrogen and oxygen atoms in total. The number of halogens is 1. The van der Waals surface area contributed by atoms with Gasteiger partial charge in [-0.2, -0.15) is 12.8 Å². The Morgan fingerprint density at radius 1 is 1.32 bits per heavy atom. The summed E-state index contributed by atoms with van der Waals surface area (Å²) < 4.78 is 0. The van der Waals surface area contributed by atoms with Crippen molar-refractivity contribution in [2.24, 2.45) is 5.92 Å². The van der Waals surface area contributed by atoms with Crippen LogP contribution in [0.4, 0.5) is 0 Å². The van der Waals surface area contributed by atoms with Crippen molar-refractivity contribution in [2.75, 3.05) is 6.54 Å². The molecule has 4 heteroatoms. The van der Waals surface area contributed by atoms with E-state index in [0.717, 1.165) is 24.8 Å². The summed E-state index contributed by atoms with van der Waals surface area (Å²) in [4.78, 5) is 12.0. The van der Waals surface area contributed by atoms with Crippen molar-refractivity contribution in [1.29, 1.82) is 0 Å². The van der Waals surface area contributed by atoms with Crippen LogP contribution in [0.15, 0.2) is 18.2 Å². The van der Waals surface area contributed by atoms with E-state index >= 15 is 0 Å². The number of rotatable bonds is 6. The first-order valence-electron chi connectivity index (χ1n) is 6.26. The zero-order chi connectivity index (χ0) is 13.5. The third-order valence-electron chi connectivity index (χ3n) is 3.00. The Hall–Kier alpha value is -0.423. The van der Waals surface area contributed by atoms with Crippen LogP contribution < -0.4 is 24.2 Å². The van der Waals surface area contributed by atoms with Gasteiger partial charge in [-0.15, -0.1) is 0 Å². The number of carbonyl (C=O) groups excluding carboxylic acids is 1. The van der Waals surface area contributed by atoms with E-state index in [9.17, 15) is 4.79 Å². The molecule has 0 fully saturated rings. The average Bonchev–Trinajstić information content (AvgIpc) is 2.38. The average molecular weight is 273 g/mol. The van der Waals surface area contributed by atoms with Crippen LogP contribution in [0, 0.1) is 19.8 Å². The molecule has 1 rings (SSSR count). The maximum Gasteiger partial charge on any atom is 1.00 e. The Balaban J connectivity index is 0.00000324. The fourth-order valence-electron chi connectivity index (χ4n) is 1.67. The van der Waals surface area contributed by atoms with E-state index in [1.54, 1.807) is 6.07 Å². The number of amides is 1. The van der Waals surface area contributed by atoms with Crippen molar-refractivity contribution in [2.45, 2.75) is 26.2 Å². The van der Waals surface area contributed by atoms with Gasteiger partial charge in [0.25, 0.3) is 5.91 Å². The molecule has 0 aromatic heterocycles. The molecule has 1 aromatic rings. The number of benzene rings is 1. The number of nitrogens with one attached hydrogen (secondary N) is 1. The normalized spacial score (nSPS) is 10.2. The van der Waals surface area contributed by atoms with Gasteiger partial charge in [-0.05, 0) is 30.2 Å². The zero-order valence-corrected chi connectivity index (χ0v) is 12.6. The Kier molecular flexibility index (Phi) is 9.27. The van der Waals surface area contributed by atoms with Gasteiger partial charge in [0.1, 0.15) is 0 Å². The van der Waals surface area contributed by atoms with Gasteiger partial charge < -0.3 is 19.2 Å². The molecule has 0 radical (unpaired) electrons. The van der Waals surface area contributed by atoms with Gasteiger partial charge in [0.05, 0.1) is 0 Å². The molecule has 0 aliphatic heterocycles. The molecule has 0 saturated heterocycles. The first kappa shape index (κ1) is 18.6. The van der Waals surface area contributed by atoms with Gasteiger partial charge >= 0.3 is 18.9 Å². The smallest absolute Gasteiger partial charge is 0.352 e. The van der Waals surface area contributed by atoms with E-state index in [-0.39, 0.29) is 24.8 Å². The molecule has 0 heterocycles. The Morgan fingerprint density at radius 3 is 2.47 bits per heavy atom. The van der Waals surface area contributed by atoms with Crippen LogP contribution in [-0.4, -0.2) is 12.5 Å². The summed E-state index contributed by atoms with van der Waals surface area (Å²) >= 11 is 5.99. The summed E-state index contributed by atoms with van der Waals surface area (Å²) in [5, 5.41) is 3.50. The topological polar surface area (TPSA) is 29.1 Å². The quantitative estimate of drug-likeness (QED) is 0.600. The standard InChI is InChI=1S/C15H20ClNO.Li/c1-4-11(5-2)10-17-15(18)13-7-12(6-3)8-14(16)9-13;/h7-9,11H,1-2,4-6,10H2,3H3,(H,17,18);/q-2;+1. The van der Waals surface area contributed by atoms with E-state index in [0.29, 0.717) is 23.0 Å². The van der Waals surface area contributed by atoms with Gasteiger partial charge in [0.2, 0.25) is 0 Å². The fourth-order valence-corrected chi connectivity index (χ4v) is 1.93. The Morgan fingerprint density at radius 2 is 1.95 bits per heavy atom. The molecule has 0 aliphatic carbocycles. The zero-order valence-electron chi connectivity index (χ0n) is 11.8. The molecule has 0 bridgehead atoms. The largest absolute Gasteiger partial charge is 1.00 e. The Bertz CT molecular complexity index is 405. The molecule has 1 N–H and O–H groups in total. The molecule has 1 amide bonds. The molecule has 1 aromatic carbocycles. The van der Waals surface area contributed by atoms with Crippen LogP contribution in [0.2, 0.25) is 5.02 Å². The summed E-state index contributed by atoms with van der Waals surface area (Å²) in [5.41, 5.74) is 1.68. The second kappa shape index (κ2) is 9.48. The summed E-state index contributed by atoms with van der Waals surface area (Å²) in [6, 6.07) is 5.46. The second-order valence-electron chi connectivity index (χ2n) is 4.36. The second-order valence-corrected chi connectivity index (χ2v) is 4.79. The SMILES string of the molecule is [CH2-]CC(C[CH2-])CNC(=O)c1cc(Cl)cc(CC)c1.[Li+]. The number of hydrogen-bond donors (Lipinski definition) is 1. The van der Waals surface area contributed by atoms with Crippen molar-refractivity contribution < 1.29 is 23.7 Å². The number of aryl methyl sites for hydroxylation is 1. The summed E-state index contributed by atoms with van der Waals surface area (Å²) in [5.74, 6) is 0.248. The predicted molar refractivity (Wildman–Crippen MR) is 76.6 cm³/mol. The minimum absolute atomic E-state index is 0. The van der Waals surface area contributed by atoms with Crippen LogP contribution in [0.3, 0.4) is 0 Å². The van der Waals surface area contributed by atoms with Crippen LogP contribution in [0.1, 0.15) is 35.7 Å². The summed E-state index contributed by atoms with van der Waals surface area (Å²) in [6.45, 7) is 10.3. The minimum atomic E-state index is -0.0842. The molecule has 0 atom stereocenters. The van der Waals surface area contributed by atoms with Gasteiger partial charge in [0, 0.05) is 17.1 Å². The molecule has 19 heavy (non-hydrogen) atoms. The van der Waals surface area contributed by atoms with Gasteiger partial charge in [-0.3, -0.25) is 4.79 Å². The molecule has 0 aliphatic rings. The van der Waals surface area contributed by atoms with Gasteiger partial charge in [-0.25, -0.2) is 0 Å². The summed E-state index contributed by atoms with van der Waals surface area (Å²) in [6.07, 6.45) is 2.42. The molecule has 0 spiro atoms. The van der Waals surface area contributed by atoms with E-state index in [2.05, 4.69) is 19.2 Å². The summed E-state index contributed by atoms with van der Waals surface area (Å²) in [7, 11) is 0. The van der Waals surface area contributed by atoms with Crippen LogP contribution >= 0.6 is 11.6 Å². The fraction of sp³-hybridized carbons (Fsp3) is 0.400. The first-order valence-corrected chi connectivity index (χ1v) is 6.64. The molecule has 0 saturated carbocycles. The number of carbonyl (C=O) groups is 1. The predicted octanol–water partition coefficient (Wildman–Crippen LogP) is 0.701. The van der Waals surface area contributed by atoms with Crippen molar-refractivity contribution in [3.8, 4) is 0 Å². The third-order valence-corrected chi connectivity index (χ3v) is 3.21. The molecule has 0 unspecified atom stereocenters. The third kappa shape index (κ3) is 6.04. The minimum Gasteiger partial charge on any atom is -0.352 e. The monoisotopic (exact) mass is 272 g/mol. The van der Waals surface area contributed by atoms with Crippen molar-refractivity contribution >= 4 is 17.5 Å². The van der Waals surface area contributed by atoms with Gasteiger partial charge in [-0.1, -0.05) is 24.4 Å². The number of hydrogen-bond acceptors (Lipinski definition) is 1. The Labute approximate surface area is 133 Å². The van der Waals surface area contributed by atoms with Gasteiger partial charge in [0.15, 0.2) is 0 Å². The van der Waals surface area contributed by atoms with Crippen molar-refractivity contribution in [3.63, 3.8) is 0 Å². The molecular weight excluding hydrogens is 253 g/mol. The van der Waals surface area contributed by atoms with Crippen LogP contribution in [0.25, 0.3) is 0 Å². The van der Waals surface area contributed by atoms with Crippen LogP contribution in [0.5, 0.6) is 0 Å². The maximum atomic E-state index is 12.0. The van der Waals surface area contributed by atoms with E-state index in [1.807, 2.05) is 19.1 Å².